The molecule has 0 unspecified atom stereocenters. The molecule has 1 aliphatic rings. The Hall–Kier alpha value is -1.88. The van der Waals surface area contributed by atoms with E-state index in [-0.39, 0.29) is 5.75 Å². The molecule has 1 heterocycles. The lowest BCUT2D eigenvalue weighted by Crippen LogP contribution is -2.22. The number of nitrogens with one attached hydrogen (secondary N) is 1. The van der Waals surface area contributed by atoms with Crippen LogP contribution in [0.3, 0.4) is 0 Å². The zero-order chi connectivity index (χ0) is 12.6. The Labute approximate surface area is 105 Å². The number of benzene rings is 1. The minimum absolute atomic E-state index is 0.212. The van der Waals surface area contributed by atoms with E-state index in [0.29, 0.717) is 11.6 Å². The van der Waals surface area contributed by atoms with Crippen LogP contribution in [0.15, 0.2) is 24.3 Å². The first-order valence-corrected chi connectivity index (χ1v) is 6.12. The Kier molecular flexibility index (Phi) is 2.56. The number of aromatic amines is 1. The van der Waals surface area contributed by atoms with Crippen LogP contribution in [0.2, 0.25) is 0 Å². The first-order chi connectivity index (χ1) is 8.67. The average molecular weight is 245 g/mol. The van der Waals surface area contributed by atoms with Crippen LogP contribution >= 0.6 is 0 Å². The van der Waals surface area contributed by atoms with Gasteiger partial charge in [0, 0.05) is 5.56 Å². The summed E-state index contributed by atoms with van der Waals surface area (Å²) in [6, 6.07) is 6.69. The average Bonchev–Trinajstić information content (AvgIpc) is 2.99. The van der Waals surface area contributed by atoms with Crippen molar-refractivity contribution in [3.8, 4) is 17.1 Å². The second kappa shape index (κ2) is 4.10. The van der Waals surface area contributed by atoms with Gasteiger partial charge in [-0.1, -0.05) is 0 Å². The molecule has 5 heteroatoms. The molecule has 0 bridgehead atoms. The summed E-state index contributed by atoms with van der Waals surface area (Å²) in [6.45, 7) is 0. The Bertz CT molecular complexity index is 542. The second-order valence-electron chi connectivity index (χ2n) is 4.79. The van der Waals surface area contributed by atoms with Gasteiger partial charge in [-0.3, -0.25) is 5.10 Å². The quantitative estimate of drug-likeness (QED) is 0.755. The van der Waals surface area contributed by atoms with Crippen molar-refractivity contribution in [3.63, 3.8) is 0 Å². The fourth-order valence-electron chi connectivity index (χ4n) is 2.41. The summed E-state index contributed by atoms with van der Waals surface area (Å²) < 4.78 is 0. The maximum Gasteiger partial charge on any atom is 0.181 e. The lowest BCUT2D eigenvalue weighted by molar-refractivity contribution is 0.0355. The number of aliphatic hydroxyl groups is 1. The number of phenols is 1. The fourth-order valence-corrected chi connectivity index (χ4v) is 2.41. The number of hydrogen-bond acceptors (Lipinski definition) is 4. The van der Waals surface area contributed by atoms with Crippen molar-refractivity contribution in [1.82, 2.24) is 15.2 Å². The first-order valence-electron chi connectivity index (χ1n) is 6.12. The molecule has 0 radical (unpaired) electrons. The number of hydrogen-bond donors (Lipinski definition) is 3. The molecule has 0 saturated heterocycles. The highest BCUT2D eigenvalue weighted by molar-refractivity contribution is 5.55. The molecule has 0 aliphatic heterocycles. The minimum Gasteiger partial charge on any atom is -0.508 e. The third-order valence-corrected chi connectivity index (χ3v) is 3.48. The number of phenolic OH excluding ortho intramolecular Hbond substituents is 1. The molecule has 1 aromatic heterocycles. The van der Waals surface area contributed by atoms with Gasteiger partial charge < -0.3 is 10.2 Å². The van der Waals surface area contributed by atoms with Crippen LogP contribution in [0.25, 0.3) is 11.4 Å². The van der Waals surface area contributed by atoms with Crippen molar-refractivity contribution in [3.05, 3.63) is 30.1 Å². The van der Waals surface area contributed by atoms with Crippen LogP contribution in [0, 0.1) is 0 Å². The SMILES string of the molecule is Oc1ccc(-c2n[nH]c(C3(O)CCCC3)n2)cc1. The Morgan fingerprint density at radius 3 is 2.44 bits per heavy atom. The second-order valence-corrected chi connectivity index (χ2v) is 4.79. The summed E-state index contributed by atoms with van der Waals surface area (Å²) in [5, 5.41) is 26.6. The van der Waals surface area contributed by atoms with E-state index < -0.39 is 5.60 Å². The number of aromatic nitrogens is 3. The van der Waals surface area contributed by atoms with Gasteiger partial charge in [0.2, 0.25) is 0 Å². The summed E-state index contributed by atoms with van der Waals surface area (Å²) >= 11 is 0. The molecule has 2 aromatic rings. The normalized spacial score (nSPS) is 18.1. The number of aromatic hydroxyl groups is 1. The van der Waals surface area contributed by atoms with Crippen molar-refractivity contribution < 1.29 is 10.2 Å². The molecule has 1 aromatic carbocycles. The molecule has 0 spiro atoms. The summed E-state index contributed by atoms with van der Waals surface area (Å²) in [5.41, 5.74) is -0.0285. The molecular formula is C13H15N3O2. The van der Waals surface area contributed by atoms with Gasteiger partial charge in [0.25, 0.3) is 0 Å². The molecule has 3 N–H and O–H groups in total. The lowest BCUT2D eigenvalue weighted by Gasteiger charge is -2.17. The highest BCUT2D eigenvalue weighted by Crippen LogP contribution is 2.37. The molecule has 1 aliphatic carbocycles. The van der Waals surface area contributed by atoms with Gasteiger partial charge in [-0.2, -0.15) is 5.10 Å². The molecule has 5 nitrogen and oxygen atoms in total. The maximum absolute atomic E-state index is 10.4. The van der Waals surface area contributed by atoms with Crippen molar-refractivity contribution in [1.29, 1.82) is 0 Å². The van der Waals surface area contributed by atoms with Crippen LogP contribution in [0.4, 0.5) is 0 Å². The van der Waals surface area contributed by atoms with Crippen molar-refractivity contribution in [2.75, 3.05) is 0 Å². The van der Waals surface area contributed by atoms with E-state index in [1.165, 1.54) is 0 Å². The lowest BCUT2D eigenvalue weighted by atomic mass is 10.0. The summed E-state index contributed by atoms with van der Waals surface area (Å²) in [7, 11) is 0. The molecule has 3 rings (SSSR count). The van der Waals surface area contributed by atoms with E-state index in [0.717, 1.165) is 31.2 Å². The van der Waals surface area contributed by atoms with Crippen molar-refractivity contribution in [2.24, 2.45) is 0 Å². The monoisotopic (exact) mass is 245 g/mol. The standard InChI is InChI=1S/C13H15N3O2/c17-10-5-3-9(4-6-10)11-14-12(16-15-11)13(18)7-1-2-8-13/h3-6,17-18H,1-2,7-8H2,(H,14,15,16). The first kappa shape index (κ1) is 11.2. The Morgan fingerprint density at radius 2 is 1.78 bits per heavy atom. The van der Waals surface area contributed by atoms with E-state index in [1.54, 1.807) is 24.3 Å². The van der Waals surface area contributed by atoms with Gasteiger partial charge in [0.1, 0.15) is 11.4 Å². The van der Waals surface area contributed by atoms with Gasteiger partial charge >= 0.3 is 0 Å². The highest BCUT2D eigenvalue weighted by atomic mass is 16.3. The highest BCUT2D eigenvalue weighted by Gasteiger charge is 2.36. The van der Waals surface area contributed by atoms with E-state index in [2.05, 4.69) is 15.2 Å². The van der Waals surface area contributed by atoms with Crippen molar-refractivity contribution in [2.45, 2.75) is 31.3 Å². The maximum atomic E-state index is 10.4. The van der Waals surface area contributed by atoms with E-state index >= 15 is 0 Å². The van der Waals surface area contributed by atoms with Crippen LogP contribution in [0.1, 0.15) is 31.5 Å². The molecule has 18 heavy (non-hydrogen) atoms. The smallest absolute Gasteiger partial charge is 0.181 e. The predicted molar refractivity (Wildman–Crippen MR) is 65.8 cm³/mol. The number of rotatable bonds is 2. The fraction of sp³-hybridized carbons (Fsp3) is 0.385. The zero-order valence-electron chi connectivity index (χ0n) is 9.93. The van der Waals surface area contributed by atoms with Gasteiger partial charge in [0.05, 0.1) is 0 Å². The zero-order valence-corrected chi connectivity index (χ0v) is 9.93. The summed E-state index contributed by atoms with van der Waals surface area (Å²) in [5.74, 6) is 1.30. The molecular weight excluding hydrogens is 230 g/mol. The van der Waals surface area contributed by atoms with Gasteiger partial charge in [0.15, 0.2) is 11.6 Å². The van der Waals surface area contributed by atoms with Crippen LogP contribution in [-0.2, 0) is 5.60 Å². The van der Waals surface area contributed by atoms with E-state index in [4.69, 9.17) is 0 Å². The van der Waals surface area contributed by atoms with Gasteiger partial charge in [-0.05, 0) is 49.9 Å². The Morgan fingerprint density at radius 1 is 1.11 bits per heavy atom. The van der Waals surface area contributed by atoms with Crippen LogP contribution in [0.5, 0.6) is 5.75 Å². The summed E-state index contributed by atoms with van der Waals surface area (Å²) in [6.07, 6.45) is 3.51. The van der Waals surface area contributed by atoms with E-state index in [9.17, 15) is 10.2 Å². The van der Waals surface area contributed by atoms with Gasteiger partial charge in [-0.15, -0.1) is 0 Å². The van der Waals surface area contributed by atoms with Crippen molar-refractivity contribution >= 4 is 0 Å². The molecule has 0 amide bonds. The third-order valence-electron chi connectivity index (χ3n) is 3.48. The topological polar surface area (TPSA) is 82.0 Å². The van der Waals surface area contributed by atoms with Gasteiger partial charge in [-0.25, -0.2) is 4.98 Å². The molecule has 0 atom stereocenters. The Balaban J connectivity index is 1.91. The molecule has 1 fully saturated rings. The molecule has 94 valence electrons. The van der Waals surface area contributed by atoms with Crippen LogP contribution in [-0.4, -0.2) is 25.4 Å². The predicted octanol–water partition coefficient (Wildman–Crippen LogP) is 1.94. The van der Waals surface area contributed by atoms with Crippen LogP contribution < -0.4 is 0 Å². The third kappa shape index (κ3) is 1.86. The number of nitrogens with zero attached hydrogens (tertiary/aromatic N) is 2. The minimum atomic E-state index is -0.845. The largest absolute Gasteiger partial charge is 0.508 e. The number of H-pyrrole nitrogens is 1. The molecule has 1 saturated carbocycles. The van der Waals surface area contributed by atoms with E-state index in [1.807, 2.05) is 0 Å². The summed E-state index contributed by atoms with van der Waals surface area (Å²) in [4.78, 5) is 4.37.